The largest absolute Gasteiger partial charge is 0.325 e. The van der Waals surface area contributed by atoms with Crippen LogP contribution in [0.15, 0.2) is 60.0 Å². The van der Waals surface area contributed by atoms with E-state index in [0.29, 0.717) is 15.9 Å². The first kappa shape index (κ1) is 19.9. The highest BCUT2D eigenvalue weighted by atomic mass is 35.5. The molecule has 1 heterocycles. The van der Waals surface area contributed by atoms with Crippen molar-refractivity contribution in [3.05, 3.63) is 65.4 Å². The van der Waals surface area contributed by atoms with E-state index in [1.165, 1.54) is 11.8 Å². The molecule has 0 aliphatic rings. The topological polar surface area (TPSA) is 88.9 Å². The number of hydrogen-bond donors (Lipinski definition) is 2. The summed E-state index contributed by atoms with van der Waals surface area (Å²) < 4.78 is 1.74. The molecule has 2 aromatic carbocycles. The molecule has 0 aliphatic heterocycles. The van der Waals surface area contributed by atoms with Crippen LogP contribution in [-0.4, -0.2) is 32.0 Å². The van der Waals surface area contributed by atoms with Gasteiger partial charge < -0.3 is 5.32 Å². The highest BCUT2D eigenvalue weighted by Crippen LogP contribution is 2.26. The maximum atomic E-state index is 12.3. The number of amides is 3. The summed E-state index contributed by atoms with van der Waals surface area (Å²) in [5.41, 5.74) is 2.35. The minimum Gasteiger partial charge on any atom is -0.308 e. The zero-order valence-corrected chi connectivity index (χ0v) is 16.8. The summed E-state index contributed by atoms with van der Waals surface area (Å²) >= 11 is 7.39. The number of rotatable bonds is 5. The molecule has 3 rings (SSSR count). The summed E-state index contributed by atoms with van der Waals surface area (Å²) in [5, 5.41) is 13.5. The van der Waals surface area contributed by atoms with Gasteiger partial charge in [-0.2, -0.15) is 0 Å². The van der Waals surface area contributed by atoms with Crippen molar-refractivity contribution in [2.24, 2.45) is 0 Å². The number of nitrogens with zero attached hydrogens (tertiary/aromatic N) is 3. The number of nitrogens with one attached hydrogen (secondary N) is 2. The Morgan fingerprint density at radius 3 is 2.64 bits per heavy atom. The Labute approximate surface area is 171 Å². The van der Waals surface area contributed by atoms with Crippen LogP contribution in [0, 0.1) is 6.92 Å². The van der Waals surface area contributed by atoms with E-state index in [1.54, 1.807) is 42.1 Å². The van der Waals surface area contributed by atoms with Gasteiger partial charge in [-0.1, -0.05) is 47.6 Å². The minimum absolute atomic E-state index is 0.435. The summed E-state index contributed by atoms with van der Waals surface area (Å²) in [6, 6.07) is 13.9. The first-order chi connectivity index (χ1) is 13.4. The molecule has 3 aromatic rings. The predicted octanol–water partition coefficient (Wildman–Crippen LogP) is 4.06. The lowest BCUT2D eigenvalue weighted by Gasteiger charge is -2.13. The van der Waals surface area contributed by atoms with Gasteiger partial charge in [0.05, 0.1) is 10.9 Å². The first-order valence-corrected chi connectivity index (χ1v) is 9.70. The van der Waals surface area contributed by atoms with Gasteiger partial charge >= 0.3 is 6.03 Å². The highest BCUT2D eigenvalue weighted by Gasteiger charge is 2.20. The molecular weight excluding hydrogens is 398 g/mol. The number of carbonyl (C=O) groups excluding carboxylic acids is 2. The van der Waals surface area contributed by atoms with Gasteiger partial charge in [-0.05, 0) is 43.7 Å². The van der Waals surface area contributed by atoms with Gasteiger partial charge in [-0.25, -0.2) is 4.79 Å². The second-order valence-corrected chi connectivity index (χ2v) is 7.70. The van der Waals surface area contributed by atoms with Gasteiger partial charge in [0, 0.05) is 10.7 Å². The average Bonchev–Trinajstić information content (AvgIpc) is 3.12. The molecule has 0 saturated carbocycles. The normalized spacial score (nSPS) is 11.7. The number of urea groups is 1. The SMILES string of the molecule is Cc1ccc(-n2cnnc2SC(C)C(=O)NC(=O)Nc2ccccc2)cc1Cl. The molecule has 0 aliphatic carbocycles. The maximum Gasteiger partial charge on any atom is 0.325 e. The molecule has 1 unspecified atom stereocenters. The van der Waals surface area contributed by atoms with Crippen molar-refractivity contribution >= 4 is 41.0 Å². The van der Waals surface area contributed by atoms with Crippen molar-refractivity contribution in [2.45, 2.75) is 24.3 Å². The number of imide groups is 1. The van der Waals surface area contributed by atoms with Gasteiger partial charge in [0.2, 0.25) is 5.91 Å². The third-order valence-corrected chi connectivity index (χ3v) is 5.33. The van der Waals surface area contributed by atoms with Crippen LogP contribution in [0.4, 0.5) is 10.5 Å². The van der Waals surface area contributed by atoms with E-state index in [1.807, 2.05) is 31.2 Å². The summed E-state index contributed by atoms with van der Waals surface area (Å²) in [7, 11) is 0. The lowest BCUT2D eigenvalue weighted by molar-refractivity contribution is -0.119. The molecule has 0 bridgehead atoms. The molecule has 3 amide bonds. The third-order valence-electron chi connectivity index (χ3n) is 3.87. The number of carbonyl (C=O) groups is 2. The van der Waals surface area contributed by atoms with E-state index in [2.05, 4.69) is 20.8 Å². The average molecular weight is 416 g/mol. The van der Waals surface area contributed by atoms with Gasteiger partial charge in [0.1, 0.15) is 6.33 Å². The van der Waals surface area contributed by atoms with E-state index < -0.39 is 17.2 Å². The number of aromatic nitrogens is 3. The number of hydrogen-bond acceptors (Lipinski definition) is 5. The van der Waals surface area contributed by atoms with Gasteiger partial charge in [0.25, 0.3) is 0 Å². The molecule has 0 fully saturated rings. The monoisotopic (exact) mass is 415 g/mol. The minimum atomic E-state index is -0.588. The molecule has 9 heteroatoms. The van der Waals surface area contributed by atoms with Crippen LogP contribution < -0.4 is 10.6 Å². The zero-order chi connectivity index (χ0) is 20.1. The predicted molar refractivity (Wildman–Crippen MR) is 110 cm³/mol. The Morgan fingerprint density at radius 2 is 1.93 bits per heavy atom. The second-order valence-electron chi connectivity index (χ2n) is 5.99. The Hall–Kier alpha value is -2.84. The summed E-state index contributed by atoms with van der Waals surface area (Å²) in [6.45, 7) is 3.61. The van der Waals surface area contributed by atoms with E-state index in [9.17, 15) is 9.59 Å². The van der Waals surface area contributed by atoms with Crippen LogP contribution in [0.5, 0.6) is 0 Å². The fourth-order valence-electron chi connectivity index (χ4n) is 2.32. The van der Waals surface area contributed by atoms with Crippen molar-refractivity contribution in [2.75, 3.05) is 5.32 Å². The molecule has 1 aromatic heterocycles. The first-order valence-electron chi connectivity index (χ1n) is 8.44. The standard InChI is InChI=1S/C19H18ClN5O2S/c1-12-8-9-15(10-16(12)20)25-11-21-24-19(25)28-13(2)17(26)23-18(27)22-14-6-4-3-5-7-14/h3-11,13H,1-2H3,(H2,22,23,26,27). The smallest absolute Gasteiger partial charge is 0.308 e. The molecule has 0 saturated heterocycles. The molecule has 7 nitrogen and oxygen atoms in total. The third kappa shape index (κ3) is 4.90. The van der Waals surface area contributed by atoms with Gasteiger partial charge in [-0.3, -0.25) is 14.7 Å². The Kier molecular flexibility index (Phi) is 6.33. The van der Waals surface area contributed by atoms with Crippen molar-refractivity contribution in [1.29, 1.82) is 0 Å². The van der Waals surface area contributed by atoms with E-state index in [-0.39, 0.29) is 0 Å². The van der Waals surface area contributed by atoms with Crippen LogP contribution in [0.25, 0.3) is 5.69 Å². The number of anilines is 1. The van der Waals surface area contributed by atoms with Gasteiger partial charge in [-0.15, -0.1) is 10.2 Å². The number of aryl methyl sites for hydroxylation is 1. The van der Waals surface area contributed by atoms with Crippen LogP contribution in [0.3, 0.4) is 0 Å². The number of halogens is 1. The van der Waals surface area contributed by atoms with Crippen molar-refractivity contribution in [1.82, 2.24) is 20.1 Å². The van der Waals surface area contributed by atoms with Crippen LogP contribution in [0.1, 0.15) is 12.5 Å². The van der Waals surface area contributed by atoms with Crippen molar-refractivity contribution in [3.63, 3.8) is 0 Å². The molecule has 0 spiro atoms. The number of para-hydroxylation sites is 1. The van der Waals surface area contributed by atoms with E-state index >= 15 is 0 Å². The van der Waals surface area contributed by atoms with Crippen molar-refractivity contribution in [3.8, 4) is 5.69 Å². The van der Waals surface area contributed by atoms with Crippen LogP contribution in [-0.2, 0) is 4.79 Å². The number of benzene rings is 2. The summed E-state index contributed by atoms with van der Waals surface area (Å²) in [6.07, 6.45) is 1.55. The maximum absolute atomic E-state index is 12.3. The molecule has 144 valence electrons. The Morgan fingerprint density at radius 1 is 1.18 bits per heavy atom. The molecule has 0 radical (unpaired) electrons. The van der Waals surface area contributed by atoms with Gasteiger partial charge in [0.15, 0.2) is 5.16 Å². The second kappa shape index (κ2) is 8.90. The Balaban J connectivity index is 1.64. The quantitative estimate of drug-likeness (QED) is 0.613. The zero-order valence-electron chi connectivity index (χ0n) is 15.2. The summed E-state index contributed by atoms with van der Waals surface area (Å²) in [4.78, 5) is 24.3. The van der Waals surface area contributed by atoms with Crippen LogP contribution >= 0.6 is 23.4 Å². The lowest BCUT2D eigenvalue weighted by Crippen LogP contribution is -2.38. The fraction of sp³-hybridized carbons (Fsp3) is 0.158. The Bertz CT molecular complexity index is 993. The van der Waals surface area contributed by atoms with E-state index in [0.717, 1.165) is 11.3 Å². The molecule has 2 N–H and O–H groups in total. The lowest BCUT2D eigenvalue weighted by atomic mass is 10.2. The fourth-order valence-corrected chi connectivity index (χ4v) is 3.34. The van der Waals surface area contributed by atoms with Crippen LogP contribution in [0.2, 0.25) is 5.02 Å². The molecule has 1 atom stereocenters. The molecule has 28 heavy (non-hydrogen) atoms. The molecular formula is C19H18ClN5O2S. The highest BCUT2D eigenvalue weighted by molar-refractivity contribution is 8.00. The van der Waals surface area contributed by atoms with E-state index in [4.69, 9.17) is 11.6 Å². The van der Waals surface area contributed by atoms with Crippen molar-refractivity contribution < 1.29 is 9.59 Å². The summed E-state index contributed by atoms with van der Waals surface area (Å²) in [5.74, 6) is -0.435. The number of thioether (sulfide) groups is 1.